The van der Waals surface area contributed by atoms with E-state index >= 15 is 0 Å². The largest absolute Gasteiger partial charge is 0.337 e. The number of nitrogens with zero attached hydrogens (tertiary/aromatic N) is 3. The Labute approximate surface area is 190 Å². The molecule has 2 fully saturated rings. The van der Waals surface area contributed by atoms with Crippen molar-refractivity contribution < 1.29 is 14.0 Å². The summed E-state index contributed by atoms with van der Waals surface area (Å²) in [7, 11) is 0. The second-order valence-electron chi connectivity index (χ2n) is 9.12. The zero-order valence-corrected chi connectivity index (χ0v) is 18.1. The first-order chi connectivity index (χ1) is 16.0. The fraction of sp³-hybridized carbons (Fsp3) is 0.222. The van der Waals surface area contributed by atoms with Crippen LogP contribution >= 0.6 is 0 Å². The molecule has 0 radical (unpaired) electrons. The zero-order chi connectivity index (χ0) is 22.7. The van der Waals surface area contributed by atoms with Gasteiger partial charge in [-0.3, -0.25) is 4.79 Å². The smallest absolute Gasteiger partial charge is 0.253 e. The average Bonchev–Trinajstić information content (AvgIpc) is 3.12. The summed E-state index contributed by atoms with van der Waals surface area (Å²) in [5.74, 6) is -0.232. The molecule has 1 saturated carbocycles. The van der Waals surface area contributed by atoms with Gasteiger partial charge in [-0.25, -0.2) is 9.07 Å². The Morgan fingerprint density at radius 2 is 1.88 bits per heavy atom. The molecule has 0 N–H and O–H groups in total. The average molecular weight is 439 g/mol. The third kappa shape index (κ3) is 2.86. The van der Waals surface area contributed by atoms with Gasteiger partial charge in [-0.1, -0.05) is 18.2 Å². The van der Waals surface area contributed by atoms with Gasteiger partial charge < -0.3 is 9.69 Å². The van der Waals surface area contributed by atoms with E-state index in [1.807, 2.05) is 42.2 Å². The number of aldehydes is 1. The van der Waals surface area contributed by atoms with Gasteiger partial charge in [0.1, 0.15) is 12.1 Å². The number of carbonyl (C=O) groups is 2. The number of halogens is 1. The zero-order valence-electron chi connectivity index (χ0n) is 18.1. The van der Waals surface area contributed by atoms with Crippen molar-refractivity contribution in [3.63, 3.8) is 0 Å². The van der Waals surface area contributed by atoms with Crippen molar-refractivity contribution in [2.24, 2.45) is 11.8 Å². The highest BCUT2D eigenvalue weighted by atomic mass is 19.1. The number of hydrogen-bond acceptors (Lipinski definition) is 3. The van der Waals surface area contributed by atoms with E-state index in [0.717, 1.165) is 34.0 Å². The van der Waals surface area contributed by atoms with E-state index in [-0.39, 0.29) is 29.0 Å². The lowest BCUT2D eigenvalue weighted by atomic mass is 9.88. The van der Waals surface area contributed by atoms with Gasteiger partial charge in [0.15, 0.2) is 0 Å². The van der Waals surface area contributed by atoms with Gasteiger partial charge >= 0.3 is 0 Å². The molecular weight excluding hydrogens is 417 g/mol. The van der Waals surface area contributed by atoms with E-state index in [9.17, 15) is 14.0 Å². The van der Waals surface area contributed by atoms with Crippen LogP contribution in [0.3, 0.4) is 0 Å². The highest BCUT2D eigenvalue weighted by Crippen LogP contribution is 2.64. The number of piperidine rings is 1. The minimum atomic E-state index is -0.345. The van der Waals surface area contributed by atoms with Gasteiger partial charge in [-0.15, -0.1) is 0 Å². The molecule has 4 aromatic rings. The standard InChI is InChI=1S/C27H22FN3O2/c1-17-11-25-19(13-29-31(25)21-9-7-20(28)8-10-21)12-22(17)27-16-30(14-23(27)24(27)15-32)26(33)18-5-3-2-4-6-18/h2-13,15,23-24H,14,16H2,1H3/t23-,24-,27+/m0/s1. The monoisotopic (exact) mass is 439 g/mol. The molecular formula is C27H22FN3O2. The summed E-state index contributed by atoms with van der Waals surface area (Å²) in [6.45, 7) is 3.17. The van der Waals surface area contributed by atoms with E-state index < -0.39 is 0 Å². The summed E-state index contributed by atoms with van der Waals surface area (Å²) in [6.07, 6.45) is 2.86. The van der Waals surface area contributed by atoms with Gasteiger partial charge in [0, 0.05) is 35.4 Å². The number of benzene rings is 3. The molecule has 3 atom stereocenters. The van der Waals surface area contributed by atoms with Crippen molar-refractivity contribution in [2.75, 3.05) is 13.1 Å². The highest BCUT2D eigenvalue weighted by Gasteiger charge is 2.70. The minimum absolute atomic E-state index is 0.00897. The Bertz CT molecular complexity index is 1400. The molecule has 3 aromatic carbocycles. The Balaban J connectivity index is 1.38. The van der Waals surface area contributed by atoms with Crippen LogP contribution < -0.4 is 0 Å². The van der Waals surface area contributed by atoms with Crippen molar-refractivity contribution >= 4 is 23.1 Å². The first-order valence-electron chi connectivity index (χ1n) is 11.1. The number of fused-ring (bicyclic) bond motifs is 2. The Morgan fingerprint density at radius 3 is 2.61 bits per heavy atom. The highest BCUT2D eigenvalue weighted by molar-refractivity contribution is 5.95. The molecule has 0 unspecified atom stereocenters. The number of aromatic nitrogens is 2. The number of likely N-dealkylation sites (tertiary alicyclic amines) is 1. The van der Waals surface area contributed by atoms with Crippen LogP contribution in [0.1, 0.15) is 21.5 Å². The van der Waals surface area contributed by atoms with Crippen molar-refractivity contribution in [3.05, 3.63) is 95.4 Å². The normalized spacial score (nSPS) is 23.5. The number of carbonyl (C=O) groups excluding carboxylic acids is 2. The molecule has 2 heterocycles. The summed E-state index contributed by atoms with van der Waals surface area (Å²) < 4.78 is 15.2. The van der Waals surface area contributed by atoms with Crippen LogP contribution in [-0.4, -0.2) is 40.0 Å². The van der Waals surface area contributed by atoms with E-state index in [2.05, 4.69) is 17.2 Å². The molecule has 1 aromatic heterocycles. The molecule has 1 aliphatic carbocycles. The molecule has 1 amide bonds. The van der Waals surface area contributed by atoms with Crippen molar-refractivity contribution in [1.82, 2.24) is 14.7 Å². The third-order valence-electron chi connectivity index (χ3n) is 7.39. The van der Waals surface area contributed by atoms with Gasteiger partial charge in [-0.2, -0.15) is 5.10 Å². The van der Waals surface area contributed by atoms with E-state index in [0.29, 0.717) is 18.7 Å². The number of amides is 1. The minimum Gasteiger partial charge on any atom is -0.337 e. The van der Waals surface area contributed by atoms with Crippen LogP contribution in [0.5, 0.6) is 0 Å². The molecule has 1 saturated heterocycles. The lowest BCUT2D eigenvalue weighted by Gasteiger charge is -2.24. The molecule has 6 heteroatoms. The fourth-order valence-electron chi connectivity index (χ4n) is 5.73. The topological polar surface area (TPSA) is 55.2 Å². The molecule has 5 nitrogen and oxygen atoms in total. The maximum atomic E-state index is 13.4. The molecule has 1 aliphatic heterocycles. The van der Waals surface area contributed by atoms with Crippen LogP contribution in [0.15, 0.2) is 72.9 Å². The predicted octanol–water partition coefficient (Wildman–Crippen LogP) is 4.31. The Kier molecular flexibility index (Phi) is 4.27. The summed E-state index contributed by atoms with van der Waals surface area (Å²) in [6, 6.07) is 19.7. The first kappa shape index (κ1) is 19.9. The fourth-order valence-corrected chi connectivity index (χ4v) is 5.73. The summed E-state index contributed by atoms with van der Waals surface area (Å²) >= 11 is 0. The maximum Gasteiger partial charge on any atom is 0.253 e. The lowest BCUT2D eigenvalue weighted by Crippen LogP contribution is -2.35. The van der Waals surface area contributed by atoms with Crippen LogP contribution in [0.4, 0.5) is 4.39 Å². The van der Waals surface area contributed by atoms with Gasteiger partial charge in [0.2, 0.25) is 0 Å². The molecule has 2 aliphatic rings. The molecule has 33 heavy (non-hydrogen) atoms. The van der Waals surface area contributed by atoms with E-state index in [1.165, 1.54) is 12.1 Å². The SMILES string of the molecule is Cc1cc2c(cnn2-c2ccc(F)cc2)cc1[C@]12CN(C(=O)c3ccccc3)C[C@H]1[C@@H]2C=O. The van der Waals surface area contributed by atoms with Crippen molar-refractivity contribution in [2.45, 2.75) is 12.3 Å². The van der Waals surface area contributed by atoms with Gasteiger partial charge in [0.25, 0.3) is 5.91 Å². The number of rotatable bonds is 4. The summed E-state index contributed by atoms with van der Waals surface area (Å²) in [5.41, 5.74) is 4.21. The molecule has 164 valence electrons. The third-order valence-corrected chi connectivity index (χ3v) is 7.39. The lowest BCUT2D eigenvalue weighted by molar-refractivity contribution is -0.109. The van der Waals surface area contributed by atoms with Crippen LogP contribution in [0, 0.1) is 24.6 Å². The van der Waals surface area contributed by atoms with Crippen LogP contribution in [0.25, 0.3) is 16.6 Å². The second-order valence-corrected chi connectivity index (χ2v) is 9.12. The van der Waals surface area contributed by atoms with Gasteiger partial charge in [-0.05, 0) is 72.5 Å². The molecule has 6 rings (SSSR count). The van der Waals surface area contributed by atoms with Crippen LogP contribution in [0.2, 0.25) is 0 Å². The Morgan fingerprint density at radius 1 is 1.12 bits per heavy atom. The van der Waals surface area contributed by atoms with E-state index in [4.69, 9.17) is 0 Å². The second kappa shape index (κ2) is 7.10. The van der Waals surface area contributed by atoms with Crippen molar-refractivity contribution in [1.29, 1.82) is 0 Å². The molecule has 0 bridgehead atoms. The summed E-state index contributed by atoms with van der Waals surface area (Å²) in [5, 5.41) is 5.48. The van der Waals surface area contributed by atoms with Crippen LogP contribution in [-0.2, 0) is 10.2 Å². The molecule has 0 spiro atoms. The quantitative estimate of drug-likeness (QED) is 0.445. The van der Waals surface area contributed by atoms with Crippen molar-refractivity contribution in [3.8, 4) is 5.69 Å². The number of aryl methyl sites for hydroxylation is 1. The summed E-state index contributed by atoms with van der Waals surface area (Å²) in [4.78, 5) is 26.9. The van der Waals surface area contributed by atoms with Gasteiger partial charge in [0.05, 0.1) is 17.4 Å². The van der Waals surface area contributed by atoms with E-state index in [1.54, 1.807) is 23.0 Å². The number of hydrogen-bond donors (Lipinski definition) is 0. The first-order valence-corrected chi connectivity index (χ1v) is 11.1. The predicted molar refractivity (Wildman–Crippen MR) is 123 cm³/mol. The Hall–Kier alpha value is -3.80. The maximum absolute atomic E-state index is 13.4.